The van der Waals surface area contributed by atoms with Crippen molar-refractivity contribution in [3.8, 4) is 0 Å². The summed E-state index contributed by atoms with van der Waals surface area (Å²) in [6.45, 7) is 2.70. The molecule has 0 radical (unpaired) electrons. The summed E-state index contributed by atoms with van der Waals surface area (Å²) in [5.74, 6) is -0.777. The van der Waals surface area contributed by atoms with Gasteiger partial charge in [0.2, 0.25) is 11.8 Å². The van der Waals surface area contributed by atoms with E-state index in [1.807, 2.05) is 30.3 Å². The Hall–Kier alpha value is -2.73. The van der Waals surface area contributed by atoms with Crippen molar-refractivity contribution in [1.82, 2.24) is 10.2 Å². The minimum atomic E-state index is -0.777. The van der Waals surface area contributed by atoms with Crippen LogP contribution in [0.4, 0.5) is 4.39 Å². The first kappa shape index (κ1) is 20.6. The van der Waals surface area contributed by atoms with E-state index in [4.69, 9.17) is 4.74 Å². The number of amides is 2. The molecule has 1 N–H and O–H groups in total. The van der Waals surface area contributed by atoms with E-state index in [1.165, 1.54) is 17.0 Å². The first-order chi connectivity index (χ1) is 13.1. The van der Waals surface area contributed by atoms with Crippen molar-refractivity contribution >= 4 is 11.8 Å². The van der Waals surface area contributed by atoms with Crippen molar-refractivity contribution in [2.75, 3.05) is 20.3 Å². The van der Waals surface area contributed by atoms with Crippen molar-refractivity contribution in [3.05, 3.63) is 71.5 Å². The second kappa shape index (κ2) is 10.4. The highest BCUT2D eigenvalue weighted by Crippen LogP contribution is 2.24. The second-order valence-corrected chi connectivity index (χ2v) is 6.10. The zero-order chi connectivity index (χ0) is 19.6. The molecular weight excluding hydrogens is 347 g/mol. The highest BCUT2D eigenvalue weighted by molar-refractivity contribution is 5.88. The highest BCUT2D eigenvalue weighted by atomic mass is 19.1. The SMILES string of the molecule is CCC(=O)N(Cc1ccc(F)cc1)[C@@H](C(=O)NCCOC)c1ccccc1. The van der Waals surface area contributed by atoms with Crippen molar-refractivity contribution < 1.29 is 18.7 Å². The molecular formula is C21H25FN2O3. The van der Waals surface area contributed by atoms with Crippen LogP contribution in [-0.4, -0.2) is 37.0 Å². The third kappa shape index (κ3) is 5.89. The Morgan fingerprint density at radius 2 is 1.78 bits per heavy atom. The van der Waals surface area contributed by atoms with Crippen LogP contribution in [-0.2, 0) is 20.9 Å². The standard InChI is InChI=1S/C21H25FN2O3/c1-3-19(25)24(15-16-9-11-18(22)12-10-16)20(17-7-5-4-6-8-17)21(26)23-13-14-27-2/h4-12,20H,3,13-15H2,1-2H3,(H,23,26)/t20-/m1/s1. The average Bonchev–Trinajstić information content (AvgIpc) is 2.69. The molecule has 0 spiro atoms. The number of benzene rings is 2. The van der Waals surface area contributed by atoms with Gasteiger partial charge in [0.15, 0.2) is 0 Å². The smallest absolute Gasteiger partial charge is 0.247 e. The fourth-order valence-electron chi connectivity index (χ4n) is 2.79. The van der Waals surface area contributed by atoms with Gasteiger partial charge in [-0.05, 0) is 23.3 Å². The molecule has 5 nitrogen and oxygen atoms in total. The number of methoxy groups -OCH3 is 1. The quantitative estimate of drug-likeness (QED) is 0.688. The Morgan fingerprint density at radius 1 is 1.11 bits per heavy atom. The topological polar surface area (TPSA) is 58.6 Å². The number of hydrogen-bond acceptors (Lipinski definition) is 3. The van der Waals surface area contributed by atoms with E-state index in [0.717, 1.165) is 11.1 Å². The van der Waals surface area contributed by atoms with Gasteiger partial charge in [-0.1, -0.05) is 49.4 Å². The van der Waals surface area contributed by atoms with Gasteiger partial charge in [-0.15, -0.1) is 0 Å². The third-order valence-corrected chi connectivity index (χ3v) is 4.17. The van der Waals surface area contributed by atoms with Crippen LogP contribution >= 0.6 is 0 Å². The summed E-state index contributed by atoms with van der Waals surface area (Å²) in [6, 6.07) is 14.3. The van der Waals surface area contributed by atoms with Crippen molar-refractivity contribution in [2.45, 2.75) is 25.9 Å². The Labute approximate surface area is 159 Å². The van der Waals surface area contributed by atoms with Gasteiger partial charge in [-0.25, -0.2) is 4.39 Å². The van der Waals surface area contributed by atoms with E-state index in [0.29, 0.717) is 13.2 Å². The molecule has 2 amide bonds. The zero-order valence-corrected chi connectivity index (χ0v) is 15.7. The monoisotopic (exact) mass is 372 g/mol. The molecule has 144 valence electrons. The fraction of sp³-hybridized carbons (Fsp3) is 0.333. The van der Waals surface area contributed by atoms with E-state index >= 15 is 0 Å². The lowest BCUT2D eigenvalue weighted by atomic mass is 10.0. The molecule has 2 rings (SSSR count). The summed E-state index contributed by atoms with van der Waals surface area (Å²) in [6.07, 6.45) is 0.260. The molecule has 0 aliphatic heterocycles. The van der Waals surface area contributed by atoms with Gasteiger partial charge in [0.25, 0.3) is 0 Å². The number of halogens is 1. The Morgan fingerprint density at radius 3 is 2.37 bits per heavy atom. The summed E-state index contributed by atoms with van der Waals surface area (Å²) in [5.41, 5.74) is 1.47. The van der Waals surface area contributed by atoms with E-state index in [-0.39, 0.29) is 30.6 Å². The number of rotatable bonds is 9. The average molecular weight is 372 g/mol. The van der Waals surface area contributed by atoms with Crippen LogP contribution in [0, 0.1) is 5.82 Å². The lowest BCUT2D eigenvalue weighted by Gasteiger charge is -2.31. The van der Waals surface area contributed by atoms with Crippen LogP contribution in [0.5, 0.6) is 0 Å². The normalized spacial score (nSPS) is 11.7. The highest BCUT2D eigenvalue weighted by Gasteiger charge is 2.30. The summed E-state index contributed by atoms with van der Waals surface area (Å²) < 4.78 is 18.2. The molecule has 2 aromatic rings. The molecule has 0 heterocycles. The minimum Gasteiger partial charge on any atom is -0.383 e. The largest absolute Gasteiger partial charge is 0.383 e. The summed E-state index contributed by atoms with van der Waals surface area (Å²) >= 11 is 0. The van der Waals surface area contributed by atoms with Crippen LogP contribution in [0.25, 0.3) is 0 Å². The van der Waals surface area contributed by atoms with Crippen molar-refractivity contribution in [2.24, 2.45) is 0 Å². The number of ether oxygens (including phenoxy) is 1. The van der Waals surface area contributed by atoms with Gasteiger partial charge in [0.1, 0.15) is 11.9 Å². The maximum atomic E-state index is 13.2. The van der Waals surface area contributed by atoms with Crippen LogP contribution in [0.1, 0.15) is 30.5 Å². The Balaban J connectivity index is 2.35. The molecule has 0 aromatic heterocycles. The number of carbonyl (C=O) groups is 2. The number of nitrogens with one attached hydrogen (secondary N) is 1. The lowest BCUT2D eigenvalue weighted by Crippen LogP contribution is -2.44. The first-order valence-electron chi connectivity index (χ1n) is 8.92. The summed E-state index contributed by atoms with van der Waals surface area (Å²) in [4.78, 5) is 27.1. The second-order valence-electron chi connectivity index (χ2n) is 6.10. The molecule has 0 saturated carbocycles. The van der Waals surface area contributed by atoms with Crippen LogP contribution in [0.3, 0.4) is 0 Å². The number of nitrogens with zero attached hydrogens (tertiary/aromatic N) is 1. The van der Waals surface area contributed by atoms with Gasteiger partial charge < -0.3 is 15.0 Å². The molecule has 0 bridgehead atoms. The van der Waals surface area contributed by atoms with Gasteiger partial charge >= 0.3 is 0 Å². The van der Waals surface area contributed by atoms with Crippen LogP contribution in [0.15, 0.2) is 54.6 Å². The molecule has 0 aliphatic rings. The molecule has 6 heteroatoms. The molecule has 0 aliphatic carbocycles. The van der Waals surface area contributed by atoms with E-state index < -0.39 is 6.04 Å². The molecule has 0 unspecified atom stereocenters. The minimum absolute atomic E-state index is 0.157. The van der Waals surface area contributed by atoms with Gasteiger partial charge in [0, 0.05) is 26.6 Å². The zero-order valence-electron chi connectivity index (χ0n) is 15.7. The Kier molecular flexibility index (Phi) is 7.95. The molecule has 1 atom stereocenters. The van der Waals surface area contributed by atoms with Gasteiger partial charge in [-0.2, -0.15) is 0 Å². The van der Waals surface area contributed by atoms with E-state index in [9.17, 15) is 14.0 Å². The predicted molar refractivity (Wildman–Crippen MR) is 101 cm³/mol. The number of hydrogen-bond donors (Lipinski definition) is 1. The number of carbonyl (C=O) groups excluding carboxylic acids is 2. The third-order valence-electron chi connectivity index (χ3n) is 4.17. The molecule has 2 aromatic carbocycles. The van der Waals surface area contributed by atoms with Crippen LogP contribution in [0.2, 0.25) is 0 Å². The van der Waals surface area contributed by atoms with E-state index in [1.54, 1.807) is 26.2 Å². The maximum absolute atomic E-state index is 13.2. The molecule has 27 heavy (non-hydrogen) atoms. The lowest BCUT2D eigenvalue weighted by molar-refractivity contribution is -0.141. The van der Waals surface area contributed by atoms with E-state index in [2.05, 4.69) is 5.32 Å². The predicted octanol–water partition coefficient (Wildman–Crippen LogP) is 3.07. The van der Waals surface area contributed by atoms with Crippen LogP contribution < -0.4 is 5.32 Å². The fourth-order valence-corrected chi connectivity index (χ4v) is 2.79. The van der Waals surface area contributed by atoms with Gasteiger partial charge in [-0.3, -0.25) is 9.59 Å². The van der Waals surface area contributed by atoms with Crippen molar-refractivity contribution in [3.63, 3.8) is 0 Å². The maximum Gasteiger partial charge on any atom is 0.247 e. The Bertz CT molecular complexity index is 735. The molecule has 0 saturated heterocycles. The summed E-state index contributed by atoms with van der Waals surface area (Å²) in [7, 11) is 1.56. The first-order valence-corrected chi connectivity index (χ1v) is 8.92. The van der Waals surface area contributed by atoms with Gasteiger partial charge in [0.05, 0.1) is 6.61 Å². The summed E-state index contributed by atoms with van der Waals surface area (Å²) in [5, 5.41) is 2.82. The molecule has 0 fully saturated rings. The van der Waals surface area contributed by atoms with Crippen molar-refractivity contribution in [1.29, 1.82) is 0 Å².